The highest BCUT2D eigenvalue weighted by atomic mass is 16.5. The molecule has 1 N–H and O–H groups in total. The Morgan fingerprint density at radius 1 is 0.875 bits per heavy atom. The zero-order chi connectivity index (χ0) is 17.7. The fourth-order valence-electron chi connectivity index (χ4n) is 2.66. The van der Waals surface area contributed by atoms with Gasteiger partial charge < -0.3 is 24.1 Å². The van der Waals surface area contributed by atoms with Crippen molar-refractivity contribution in [3.8, 4) is 34.1 Å². The number of hydrogen-bond donors (Lipinski definition) is 1. The minimum absolute atomic E-state index is 0.157. The molecule has 24 heavy (non-hydrogen) atoms. The molecule has 0 heterocycles. The molecule has 0 unspecified atom stereocenters. The van der Waals surface area contributed by atoms with Crippen LogP contribution in [0, 0.1) is 0 Å². The lowest BCUT2D eigenvalue weighted by Gasteiger charge is -2.19. The van der Waals surface area contributed by atoms with Gasteiger partial charge in [-0.2, -0.15) is 0 Å². The molecule has 0 aliphatic heterocycles. The van der Waals surface area contributed by atoms with E-state index in [2.05, 4.69) is 0 Å². The van der Waals surface area contributed by atoms with E-state index in [1.165, 1.54) is 21.3 Å². The maximum atomic E-state index is 11.3. The number of hydrogen-bond acceptors (Lipinski definition) is 5. The van der Waals surface area contributed by atoms with E-state index in [0.717, 1.165) is 0 Å². The Hall–Kier alpha value is -2.89. The summed E-state index contributed by atoms with van der Waals surface area (Å²) in [4.78, 5) is 11.3. The van der Waals surface area contributed by atoms with E-state index in [0.29, 0.717) is 39.7 Å². The lowest BCUT2D eigenvalue weighted by molar-refractivity contribution is -0.136. The monoisotopic (exact) mass is 332 g/mol. The van der Waals surface area contributed by atoms with Gasteiger partial charge in [0.2, 0.25) is 0 Å². The van der Waals surface area contributed by atoms with Gasteiger partial charge in [0.15, 0.2) is 23.0 Å². The molecule has 0 amide bonds. The average Bonchev–Trinajstić information content (AvgIpc) is 2.59. The number of methoxy groups -OCH3 is 4. The van der Waals surface area contributed by atoms with Crippen molar-refractivity contribution in [2.45, 2.75) is 6.42 Å². The summed E-state index contributed by atoms with van der Waals surface area (Å²) in [6, 6.07) is 8.80. The predicted molar refractivity (Wildman–Crippen MR) is 89.4 cm³/mol. The number of para-hydroxylation sites is 1. The first-order chi connectivity index (χ1) is 11.6. The van der Waals surface area contributed by atoms with Crippen LogP contribution in [-0.2, 0) is 11.2 Å². The molecular weight excluding hydrogens is 312 g/mol. The van der Waals surface area contributed by atoms with Gasteiger partial charge in [-0.25, -0.2) is 0 Å². The van der Waals surface area contributed by atoms with Crippen LogP contribution in [0.2, 0.25) is 0 Å². The van der Waals surface area contributed by atoms with Gasteiger partial charge in [-0.3, -0.25) is 4.79 Å². The maximum Gasteiger partial charge on any atom is 0.307 e. The Bertz CT molecular complexity index is 739. The lowest BCUT2D eigenvalue weighted by Crippen LogP contribution is -2.05. The average molecular weight is 332 g/mol. The van der Waals surface area contributed by atoms with E-state index < -0.39 is 5.97 Å². The summed E-state index contributed by atoms with van der Waals surface area (Å²) in [7, 11) is 6.12. The minimum Gasteiger partial charge on any atom is -0.493 e. The normalized spacial score (nSPS) is 10.2. The fraction of sp³-hybridized carbons (Fsp3) is 0.278. The number of carboxylic acid groups (broad SMARTS) is 1. The predicted octanol–water partition coefficient (Wildman–Crippen LogP) is 3.02. The molecule has 0 radical (unpaired) electrons. The molecule has 0 aromatic heterocycles. The number of ether oxygens (including phenoxy) is 4. The van der Waals surface area contributed by atoms with Crippen molar-refractivity contribution in [1.29, 1.82) is 0 Å². The first kappa shape index (κ1) is 17.5. The highest BCUT2D eigenvalue weighted by Crippen LogP contribution is 2.46. The third kappa shape index (κ3) is 3.22. The van der Waals surface area contributed by atoms with Crippen molar-refractivity contribution in [1.82, 2.24) is 0 Å². The topological polar surface area (TPSA) is 74.2 Å². The summed E-state index contributed by atoms with van der Waals surface area (Å²) >= 11 is 0. The number of carbonyl (C=O) groups is 1. The van der Waals surface area contributed by atoms with Gasteiger partial charge in [0, 0.05) is 11.1 Å². The molecule has 2 aromatic carbocycles. The van der Waals surface area contributed by atoms with Crippen LogP contribution in [0.5, 0.6) is 23.0 Å². The fourth-order valence-corrected chi connectivity index (χ4v) is 2.66. The van der Waals surface area contributed by atoms with Crippen molar-refractivity contribution in [3.05, 3.63) is 35.9 Å². The molecule has 0 bridgehead atoms. The van der Waals surface area contributed by atoms with Crippen LogP contribution in [-0.4, -0.2) is 39.5 Å². The molecule has 0 fully saturated rings. The van der Waals surface area contributed by atoms with Crippen molar-refractivity contribution >= 4 is 5.97 Å². The SMILES string of the molecule is COc1cccc(-c2c(CC(=O)O)ccc(OC)c2OC)c1OC. The van der Waals surface area contributed by atoms with Gasteiger partial charge in [-0.05, 0) is 17.7 Å². The van der Waals surface area contributed by atoms with Crippen LogP contribution < -0.4 is 18.9 Å². The molecule has 6 nitrogen and oxygen atoms in total. The third-order valence-electron chi connectivity index (χ3n) is 3.65. The molecular formula is C18H20O6. The first-order valence-corrected chi connectivity index (χ1v) is 7.24. The highest BCUT2D eigenvalue weighted by molar-refractivity contribution is 5.86. The van der Waals surface area contributed by atoms with Gasteiger partial charge >= 0.3 is 5.97 Å². The number of carboxylic acids is 1. The molecule has 0 atom stereocenters. The summed E-state index contributed by atoms with van der Waals surface area (Å²) in [5.41, 5.74) is 1.87. The van der Waals surface area contributed by atoms with E-state index >= 15 is 0 Å². The van der Waals surface area contributed by atoms with E-state index in [1.807, 2.05) is 6.07 Å². The lowest BCUT2D eigenvalue weighted by atomic mass is 9.95. The van der Waals surface area contributed by atoms with Crippen LogP contribution >= 0.6 is 0 Å². The van der Waals surface area contributed by atoms with Crippen molar-refractivity contribution in [2.24, 2.45) is 0 Å². The zero-order valence-electron chi connectivity index (χ0n) is 14.1. The summed E-state index contributed by atoms with van der Waals surface area (Å²) < 4.78 is 21.7. The molecule has 0 aliphatic carbocycles. The highest BCUT2D eigenvalue weighted by Gasteiger charge is 2.22. The second-order valence-corrected chi connectivity index (χ2v) is 4.95. The van der Waals surface area contributed by atoms with Crippen LogP contribution in [0.4, 0.5) is 0 Å². The minimum atomic E-state index is -0.940. The summed E-state index contributed by atoms with van der Waals surface area (Å²) in [5, 5.41) is 9.23. The maximum absolute atomic E-state index is 11.3. The van der Waals surface area contributed by atoms with Crippen LogP contribution in [0.25, 0.3) is 11.1 Å². The second kappa shape index (κ2) is 7.59. The molecule has 0 saturated heterocycles. The van der Waals surface area contributed by atoms with E-state index in [1.54, 1.807) is 31.4 Å². The second-order valence-electron chi connectivity index (χ2n) is 4.95. The molecule has 0 aliphatic rings. The van der Waals surface area contributed by atoms with Gasteiger partial charge in [-0.1, -0.05) is 18.2 Å². The first-order valence-electron chi connectivity index (χ1n) is 7.24. The van der Waals surface area contributed by atoms with Crippen LogP contribution in [0.1, 0.15) is 5.56 Å². The quantitative estimate of drug-likeness (QED) is 0.840. The van der Waals surface area contributed by atoms with Crippen LogP contribution in [0.3, 0.4) is 0 Å². The van der Waals surface area contributed by atoms with E-state index in [-0.39, 0.29) is 6.42 Å². The number of rotatable bonds is 7. The summed E-state index contributed by atoms with van der Waals surface area (Å²) in [6.45, 7) is 0. The third-order valence-corrected chi connectivity index (χ3v) is 3.65. The number of benzene rings is 2. The van der Waals surface area contributed by atoms with E-state index in [9.17, 15) is 9.90 Å². The van der Waals surface area contributed by atoms with Gasteiger partial charge in [0.1, 0.15) is 0 Å². The summed E-state index contributed by atoms with van der Waals surface area (Å²) in [6.07, 6.45) is -0.157. The molecule has 128 valence electrons. The smallest absolute Gasteiger partial charge is 0.307 e. The Morgan fingerprint density at radius 2 is 1.50 bits per heavy atom. The molecule has 6 heteroatoms. The van der Waals surface area contributed by atoms with Crippen molar-refractivity contribution in [2.75, 3.05) is 28.4 Å². The standard InChI is InChI=1S/C18H20O6/c1-21-13-7-5-6-12(17(13)23-3)16-11(10-15(19)20)8-9-14(22-2)18(16)24-4/h5-9H,10H2,1-4H3,(H,19,20). The largest absolute Gasteiger partial charge is 0.493 e. The Balaban J connectivity index is 2.82. The Labute approximate surface area is 140 Å². The van der Waals surface area contributed by atoms with Gasteiger partial charge in [0.05, 0.1) is 34.9 Å². The van der Waals surface area contributed by atoms with Crippen molar-refractivity contribution < 1.29 is 28.8 Å². The number of aliphatic carboxylic acids is 1. The molecule has 2 rings (SSSR count). The van der Waals surface area contributed by atoms with Gasteiger partial charge in [-0.15, -0.1) is 0 Å². The van der Waals surface area contributed by atoms with Crippen LogP contribution in [0.15, 0.2) is 30.3 Å². The van der Waals surface area contributed by atoms with Crippen molar-refractivity contribution in [3.63, 3.8) is 0 Å². The van der Waals surface area contributed by atoms with E-state index in [4.69, 9.17) is 18.9 Å². The molecule has 0 spiro atoms. The Kier molecular flexibility index (Phi) is 5.52. The Morgan fingerprint density at radius 3 is 2.04 bits per heavy atom. The molecule has 2 aromatic rings. The van der Waals surface area contributed by atoms with Gasteiger partial charge in [0.25, 0.3) is 0 Å². The zero-order valence-corrected chi connectivity index (χ0v) is 14.1. The molecule has 0 saturated carbocycles. The summed E-state index contributed by atoms with van der Waals surface area (Å²) in [5.74, 6) is 1.05.